The van der Waals surface area contributed by atoms with Gasteiger partial charge in [-0.15, -0.1) is 0 Å². The number of carbonyl (C=O) groups excluding carboxylic acids is 1. The van der Waals surface area contributed by atoms with Gasteiger partial charge in [-0.2, -0.15) is 13.2 Å². The molecule has 0 heterocycles. The number of alkyl halides is 3. The first kappa shape index (κ1) is 16.2. The predicted octanol–water partition coefficient (Wildman–Crippen LogP) is 1.94. The number of hydrogen-bond acceptors (Lipinski definition) is 3. The van der Waals surface area contributed by atoms with Gasteiger partial charge in [0.25, 0.3) is 5.91 Å². The number of rotatable bonds is 5. The van der Waals surface area contributed by atoms with Crippen LogP contribution < -0.4 is 10.1 Å². The zero-order chi connectivity index (χ0) is 15.3. The number of ether oxygens (including phenoxy) is 1. The first-order valence-electron chi connectivity index (χ1n) is 5.63. The minimum absolute atomic E-state index is 0.281. The van der Waals surface area contributed by atoms with Gasteiger partial charge in [-0.1, -0.05) is 6.07 Å². The fourth-order valence-electron chi connectivity index (χ4n) is 1.29. The molecule has 1 atom stereocenters. The van der Waals surface area contributed by atoms with E-state index in [2.05, 4.69) is 0 Å². The Morgan fingerprint density at radius 1 is 1.45 bits per heavy atom. The van der Waals surface area contributed by atoms with Gasteiger partial charge in [0.1, 0.15) is 6.54 Å². The van der Waals surface area contributed by atoms with E-state index in [-0.39, 0.29) is 5.75 Å². The molecule has 1 rings (SSSR count). The molecule has 4 nitrogen and oxygen atoms in total. The summed E-state index contributed by atoms with van der Waals surface area (Å²) >= 11 is 0. The van der Waals surface area contributed by atoms with Crippen LogP contribution in [0.4, 0.5) is 17.6 Å². The van der Waals surface area contributed by atoms with Gasteiger partial charge in [-0.3, -0.25) is 4.79 Å². The summed E-state index contributed by atoms with van der Waals surface area (Å²) in [5, 5.41) is 10.8. The van der Waals surface area contributed by atoms with Gasteiger partial charge in [0.15, 0.2) is 18.2 Å². The van der Waals surface area contributed by atoms with Crippen LogP contribution in [-0.4, -0.2) is 30.3 Å². The summed E-state index contributed by atoms with van der Waals surface area (Å²) in [7, 11) is 0. The normalized spacial score (nSPS) is 12.9. The molecule has 112 valence electrons. The maximum Gasteiger partial charge on any atom is 0.405 e. The summed E-state index contributed by atoms with van der Waals surface area (Å²) < 4.78 is 53.7. The molecule has 0 saturated heterocycles. The molecule has 1 aromatic carbocycles. The van der Waals surface area contributed by atoms with Gasteiger partial charge in [0.2, 0.25) is 0 Å². The average Bonchev–Trinajstić information content (AvgIpc) is 2.33. The second kappa shape index (κ2) is 6.56. The number of aliphatic hydroxyl groups excluding tert-OH is 1. The molecule has 0 unspecified atom stereocenters. The lowest BCUT2D eigenvalue weighted by Crippen LogP contribution is -2.36. The van der Waals surface area contributed by atoms with Crippen LogP contribution in [0.1, 0.15) is 18.6 Å². The van der Waals surface area contributed by atoms with E-state index in [1.165, 1.54) is 19.1 Å². The van der Waals surface area contributed by atoms with Crippen LogP contribution in [0.2, 0.25) is 0 Å². The number of carbonyl (C=O) groups is 1. The number of nitrogens with one attached hydrogen (secondary N) is 1. The van der Waals surface area contributed by atoms with Crippen molar-refractivity contribution in [1.29, 1.82) is 0 Å². The second-order valence-electron chi connectivity index (χ2n) is 4.05. The quantitative estimate of drug-likeness (QED) is 0.816. The molecule has 8 heteroatoms. The number of aliphatic hydroxyl groups is 1. The molecular weight excluding hydrogens is 282 g/mol. The zero-order valence-corrected chi connectivity index (χ0v) is 10.5. The third-order valence-corrected chi connectivity index (χ3v) is 2.28. The molecule has 0 aliphatic rings. The summed E-state index contributed by atoms with van der Waals surface area (Å²) in [6.07, 6.45) is -5.38. The third-order valence-electron chi connectivity index (χ3n) is 2.28. The van der Waals surface area contributed by atoms with E-state index in [4.69, 9.17) is 4.74 Å². The molecule has 1 aromatic rings. The van der Waals surface area contributed by atoms with Crippen LogP contribution in [0.5, 0.6) is 5.75 Å². The topological polar surface area (TPSA) is 58.6 Å². The lowest BCUT2D eigenvalue weighted by atomic mass is 10.1. The lowest BCUT2D eigenvalue weighted by molar-refractivity contribution is -0.139. The van der Waals surface area contributed by atoms with Gasteiger partial charge in [-0.05, 0) is 24.6 Å². The van der Waals surface area contributed by atoms with Crippen molar-refractivity contribution in [2.45, 2.75) is 19.2 Å². The summed E-state index contributed by atoms with van der Waals surface area (Å²) in [4.78, 5) is 11.1. The average molecular weight is 295 g/mol. The minimum Gasteiger partial charge on any atom is -0.481 e. The monoisotopic (exact) mass is 295 g/mol. The van der Waals surface area contributed by atoms with Gasteiger partial charge >= 0.3 is 6.18 Å². The Balaban J connectivity index is 2.51. The van der Waals surface area contributed by atoms with Crippen molar-refractivity contribution < 1.29 is 32.2 Å². The number of amides is 1. The SMILES string of the molecule is C[C@H](O)c1ccc(OCC(=O)NCC(F)(F)F)c(F)c1. The van der Waals surface area contributed by atoms with Crippen molar-refractivity contribution in [2.75, 3.05) is 13.2 Å². The largest absolute Gasteiger partial charge is 0.481 e. The highest BCUT2D eigenvalue weighted by Gasteiger charge is 2.27. The maximum atomic E-state index is 13.5. The highest BCUT2D eigenvalue weighted by molar-refractivity contribution is 5.77. The van der Waals surface area contributed by atoms with Crippen LogP contribution >= 0.6 is 0 Å². The Hall–Kier alpha value is -1.83. The zero-order valence-electron chi connectivity index (χ0n) is 10.5. The third kappa shape index (κ3) is 5.43. The molecule has 0 aromatic heterocycles. The minimum atomic E-state index is -4.51. The Kier molecular flexibility index (Phi) is 5.32. The number of halogens is 4. The molecule has 0 saturated carbocycles. The molecule has 0 fully saturated rings. The summed E-state index contributed by atoms with van der Waals surface area (Å²) in [5.74, 6) is -2.11. The van der Waals surface area contributed by atoms with E-state index in [9.17, 15) is 27.5 Å². The van der Waals surface area contributed by atoms with Gasteiger partial charge in [0.05, 0.1) is 6.10 Å². The molecule has 0 radical (unpaired) electrons. The molecule has 2 N–H and O–H groups in total. The summed E-state index contributed by atoms with van der Waals surface area (Å²) in [6, 6.07) is 3.60. The molecular formula is C12H13F4NO3. The Labute approximate surface area is 112 Å². The maximum absolute atomic E-state index is 13.5. The van der Waals surface area contributed by atoms with E-state index in [1.54, 1.807) is 5.32 Å². The standard InChI is InChI=1S/C12H13F4NO3/c1-7(18)8-2-3-10(9(13)4-8)20-5-11(19)17-6-12(14,15)16/h2-4,7,18H,5-6H2,1H3,(H,17,19)/t7-/m0/s1. The van der Waals surface area contributed by atoms with E-state index < -0.39 is 37.2 Å². The van der Waals surface area contributed by atoms with E-state index in [0.717, 1.165) is 6.07 Å². The fourth-order valence-corrected chi connectivity index (χ4v) is 1.29. The Morgan fingerprint density at radius 3 is 2.60 bits per heavy atom. The van der Waals surface area contributed by atoms with E-state index >= 15 is 0 Å². The highest BCUT2D eigenvalue weighted by Crippen LogP contribution is 2.21. The molecule has 0 spiro atoms. The first-order valence-corrected chi connectivity index (χ1v) is 5.63. The van der Waals surface area contributed by atoms with Crippen molar-refractivity contribution in [1.82, 2.24) is 5.32 Å². The van der Waals surface area contributed by atoms with Crippen molar-refractivity contribution in [3.63, 3.8) is 0 Å². The van der Waals surface area contributed by atoms with Crippen molar-refractivity contribution >= 4 is 5.91 Å². The van der Waals surface area contributed by atoms with Crippen molar-refractivity contribution in [2.24, 2.45) is 0 Å². The summed E-state index contributed by atoms with van der Waals surface area (Å²) in [5.41, 5.74) is 0.316. The molecule has 0 bridgehead atoms. The van der Waals surface area contributed by atoms with Crippen LogP contribution in [0.15, 0.2) is 18.2 Å². The number of hydrogen-bond donors (Lipinski definition) is 2. The van der Waals surface area contributed by atoms with Gasteiger partial charge < -0.3 is 15.2 Å². The molecule has 1 amide bonds. The Bertz CT molecular complexity index is 474. The Morgan fingerprint density at radius 2 is 2.10 bits per heavy atom. The summed E-state index contributed by atoms with van der Waals surface area (Å²) in [6.45, 7) is -0.764. The van der Waals surface area contributed by atoms with Crippen LogP contribution in [0.25, 0.3) is 0 Å². The molecule has 0 aliphatic carbocycles. The van der Waals surface area contributed by atoms with E-state index in [1.807, 2.05) is 0 Å². The molecule has 20 heavy (non-hydrogen) atoms. The van der Waals surface area contributed by atoms with Crippen LogP contribution in [0, 0.1) is 5.82 Å². The van der Waals surface area contributed by atoms with Crippen LogP contribution in [0.3, 0.4) is 0 Å². The number of benzene rings is 1. The lowest BCUT2D eigenvalue weighted by Gasteiger charge is -2.11. The predicted molar refractivity (Wildman–Crippen MR) is 61.6 cm³/mol. The highest BCUT2D eigenvalue weighted by atomic mass is 19.4. The molecule has 0 aliphatic heterocycles. The van der Waals surface area contributed by atoms with E-state index in [0.29, 0.717) is 5.56 Å². The van der Waals surface area contributed by atoms with Gasteiger partial charge in [-0.25, -0.2) is 4.39 Å². The van der Waals surface area contributed by atoms with Crippen LogP contribution in [-0.2, 0) is 4.79 Å². The first-order chi connectivity index (χ1) is 9.19. The van der Waals surface area contributed by atoms with Gasteiger partial charge in [0, 0.05) is 0 Å². The fraction of sp³-hybridized carbons (Fsp3) is 0.417. The van der Waals surface area contributed by atoms with Crippen molar-refractivity contribution in [3.05, 3.63) is 29.6 Å². The smallest absolute Gasteiger partial charge is 0.405 e. The van der Waals surface area contributed by atoms with Crippen molar-refractivity contribution in [3.8, 4) is 5.75 Å². The second-order valence-corrected chi connectivity index (χ2v) is 4.05.